The third-order valence-corrected chi connectivity index (χ3v) is 26.6. The summed E-state index contributed by atoms with van der Waals surface area (Å²) >= 11 is 2.03. The predicted molar refractivity (Wildman–Crippen MR) is 375 cm³/mol. The van der Waals surface area contributed by atoms with Crippen molar-refractivity contribution < 1.29 is 237 Å². The van der Waals surface area contributed by atoms with Crippen LogP contribution in [-0.2, 0) is 124 Å². The Morgan fingerprint density at radius 2 is 0.568 bits per heavy atom. The van der Waals surface area contributed by atoms with Gasteiger partial charge in [-0.1, -0.05) is 27.7 Å². The summed E-state index contributed by atoms with van der Waals surface area (Å²) in [6, 6.07) is -4.15. The molecule has 7 saturated heterocycles. The van der Waals surface area contributed by atoms with Gasteiger partial charge in [0, 0.05) is 67.5 Å². The molecule has 0 aliphatic carbocycles. The normalized spacial score (nSPS) is 37.5. The van der Waals surface area contributed by atoms with Crippen molar-refractivity contribution in [1.29, 1.82) is 0 Å². The van der Waals surface area contributed by atoms with Crippen LogP contribution in [-0.4, -0.2) is 379 Å². The van der Waals surface area contributed by atoms with Crippen LogP contribution < -0.4 is 0 Å². The SMILES string of the molecule is C[C@@H]1O[C@H](COP(=O)(O)O)[C@@H](O)C1F.[B][C@@H]1O[C@H](COP(=O)(O)O)[C@@H](O)C1C.[B][C@@H]1O[C@H](COP(=O)(O)O)[C@@H](O)C1C.[B][C@@H]1O[C@H](COP(=O)(O)O)[C@@H](O)[C@H]1OC.[B][C@@H]1O[C@H](COP(C)(=O)OP(=O)(O)O)[C@@H](O)C1C.[B][C@@H]1O[C@H](COP(O)(=[Se])OP(=O)(O)O)[C@@H](O)C1C.[B][C@@H]1O[C@H](COP([B])(=O)OP(=O)(O)O)[C@@H](O)C1C. The zero-order valence-electron chi connectivity index (χ0n) is 59.3. The Hall–Kier alpha value is 1.80. The van der Waals surface area contributed by atoms with E-state index >= 15 is 0 Å². The first-order valence-electron chi connectivity index (χ1n) is 31.2. The number of phosphoric acid groups is 7. The van der Waals surface area contributed by atoms with E-state index in [0.29, 0.717) is 0 Å². The van der Waals surface area contributed by atoms with Gasteiger partial charge in [-0.25, -0.2) is 40.4 Å². The summed E-state index contributed by atoms with van der Waals surface area (Å²) in [5.41, 5.74) is 0. The van der Waals surface area contributed by atoms with Crippen LogP contribution in [0.15, 0.2) is 0 Å². The van der Waals surface area contributed by atoms with Crippen molar-refractivity contribution in [3.8, 4) is 0 Å². The van der Waals surface area contributed by atoms with Crippen LogP contribution in [0.5, 0.6) is 0 Å². The fourth-order valence-corrected chi connectivity index (χ4v) is 18.3. The maximum absolute atomic E-state index is 13.0. The number of aliphatic hydroxyl groups excluding tert-OH is 7. The Balaban J connectivity index is 0.000000649. The van der Waals surface area contributed by atoms with E-state index in [1.807, 2.05) is 15.1 Å². The molecule has 0 saturated carbocycles. The van der Waals surface area contributed by atoms with Crippen LogP contribution in [0.3, 0.4) is 0 Å². The van der Waals surface area contributed by atoms with Gasteiger partial charge in [0.25, 0.3) is 7.47 Å². The number of methoxy groups -OCH3 is 1. The molecule has 31 atom stereocenters. The van der Waals surface area contributed by atoms with Gasteiger partial charge in [0.1, 0.15) is 94.2 Å². The molecule has 7 aliphatic rings. The molecule has 9 unspecified atom stereocenters. The first-order valence-corrected chi connectivity index (χ1v) is 49.3. The quantitative estimate of drug-likeness (QED) is 0.0256. The molecule has 0 spiro atoms. The average Bonchev–Trinajstić information content (AvgIpc) is 1.79. The molecule has 111 heavy (non-hydrogen) atoms. The third-order valence-electron chi connectivity index (χ3n) is 15.6. The number of aliphatic hydroxyl groups is 7. The van der Waals surface area contributed by atoms with Gasteiger partial charge in [-0.2, -0.15) is 0 Å². The van der Waals surface area contributed by atoms with Gasteiger partial charge in [0.05, 0.1) is 70.2 Å². The summed E-state index contributed by atoms with van der Waals surface area (Å²) in [5.74, 6) is -1.55. The van der Waals surface area contributed by atoms with Gasteiger partial charge in [-0.3, -0.25) is 27.2 Å². The number of hydrogen-bond donors (Lipinski definition) is 22. The van der Waals surface area contributed by atoms with Gasteiger partial charge in [-0.15, -0.1) is 0 Å². The van der Waals surface area contributed by atoms with Gasteiger partial charge < -0.3 is 132 Å². The Labute approximate surface area is 651 Å². The van der Waals surface area contributed by atoms with E-state index in [-0.39, 0.29) is 56.0 Å². The molecule has 7 rings (SSSR count). The van der Waals surface area contributed by atoms with Crippen molar-refractivity contribution in [2.75, 3.05) is 60.0 Å². The number of alkyl halides is 1. The van der Waals surface area contributed by atoms with E-state index in [2.05, 4.69) is 35.6 Å². The van der Waals surface area contributed by atoms with E-state index in [9.17, 15) is 86.1 Å². The minimum atomic E-state index is -5.03. The topological polar surface area (TPSA) is 765 Å². The Bertz CT molecular complexity index is 3020. The molecule has 68 heteroatoms. The molecule has 0 aromatic rings. The minimum absolute atomic E-state index is 0.277. The number of hydrogen-bond acceptors (Lipinski definition) is 35. The molecule has 0 aromatic heterocycles. The first kappa shape index (κ1) is 111. The number of halogens is 1. The second-order valence-corrected chi connectivity index (χ2v) is 41.7. The van der Waals surface area contributed by atoms with Crippen LogP contribution in [0.2, 0.25) is 0 Å². The number of phosphoric ester groups is 4. The maximum atomic E-state index is 13.0. The molecule has 7 aliphatic heterocycles. The van der Waals surface area contributed by atoms with Gasteiger partial charge in [0.15, 0.2) is 6.17 Å². The van der Waals surface area contributed by atoms with E-state index in [1.165, 1.54) is 14.0 Å². The Kier molecular flexibility index (Phi) is 47.0. The van der Waals surface area contributed by atoms with Gasteiger partial charge in [-0.05, 0) is 6.92 Å². The van der Waals surface area contributed by atoms with Crippen molar-refractivity contribution >= 4 is 146 Å². The summed E-state index contributed by atoms with van der Waals surface area (Å²) in [7, 11) is -2.08. The zero-order valence-corrected chi connectivity index (χ0v) is 69.9. The molecular weight excluding hydrogens is 1780 g/mol. The van der Waals surface area contributed by atoms with Crippen LogP contribution in [0.4, 0.5) is 4.39 Å². The van der Waals surface area contributed by atoms with Gasteiger partial charge in [0.2, 0.25) is 7.57 Å². The summed E-state index contributed by atoms with van der Waals surface area (Å²) in [4.78, 5) is 128. The maximum Gasteiger partial charge on any atom is 0.476 e. The zero-order chi connectivity index (χ0) is 86.8. The largest absolute Gasteiger partial charge is 0.476 e. The molecule has 49 nitrogen and oxygen atoms in total. The first-order chi connectivity index (χ1) is 49.8. The monoisotopic (exact) mass is 1870 g/mol. The molecule has 14 radical (unpaired) electrons. The van der Waals surface area contributed by atoms with Crippen LogP contribution in [0.25, 0.3) is 0 Å². The fourth-order valence-electron chi connectivity index (χ4n) is 9.40. The molecule has 7 heterocycles. The molecule has 0 bridgehead atoms. The second-order valence-electron chi connectivity index (χ2n) is 24.6. The van der Waals surface area contributed by atoms with E-state index in [0.717, 1.165) is 6.66 Å². The Morgan fingerprint density at radius 1 is 0.333 bits per heavy atom. The number of ether oxygens (including phenoxy) is 8. The van der Waals surface area contributed by atoms with Crippen molar-refractivity contribution in [3.05, 3.63) is 0 Å². The second kappa shape index (κ2) is 47.1. The standard InChI is InChI=1S/C7H15BO8P2.C6H12B2O8P2.C6H13BO8P2Se.C6H12BO7P.2C6H12BO6P.C6H12FO6P/c1-4-6(9)5(15-7(4)8)3-14-17(2,10)16-18(11,12)13;1-3-5(9)4(15-6(3)7)2-14-17(8,10)16-18(11,12)13;1-3-5(8)4(14-6(3)7)2-13-17(12,18)15-16(9,10)11;1-12-5-4(8)3(14-6(5)7)2-13-15(9,10)11;2*1-3-5(8)4(13-6(3)7)2-12-14(9,10)11;1-3-5(7)6(8)4(13-3)2-12-14(9,10)11/h4-7,9H,3H2,1-2H3,(H2,11,12,13);3-6,9H,2H2,1H3,(H2,11,12,13);3-6,8H,2H2,1H3,(H,12,18)(H2,9,10,11);3-6,8H,2H2,1H3,(H2,9,10,11);3*3-6,8H,2H2,1H3,(H2,9,10,11)/t4?,5-,6+,7-,17?;2*3?,4-,5+,6-,17?;3-,4-,5-,6-;2*3?,4-,5+,6-;3-,4+,5?,6+/m1111110/s1. The smallest absolute Gasteiger partial charge is 0.390 e. The Morgan fingerprint density at radius 3 is 0.784 bits per heavy atom. The van der Waals surface area contributed by atoms with Crippen molar-refractivity contribution in [2.24, 2.45) is 29.6 Å². The van der Waals surface area contributed by atoms with E-state index < -0.39 is 236 Å². The summed E-state index contributed by atoms with van der Waals surface area (Å²) in [6.45, 7) is 7.87. The fraction of sp³-hybridized carbons (Fsp3) is 1.00. The van der Waals surface area contributed by atoms with Crippen molar-refractivity contribution in [1.82, 2.24) is 0 Å². The van der Waals surface area contributed by atoms with Crippen molar-refractivity contribution in [2.45, 2.75) is 181 Å². The van der Waals surface area contributed by atoms with Crippen LogP contribution in [0, 0.1) is 29.6 Å². The van der Waals surface area contributed by atoms with Crippen LogP contribution >= 0.6 is 76.0 Å². The molecule has 0 amide bonds. The van der Waals surface area contributed by atoms with Crippen LogP contribution in [0.1, 0.15) is 41.5 Å². The summed E-state index contributed by atoms with van der Waals surface area (Å²) < 4.78 is 192. The van der Waals surface area contributed by atoms with Gasteiger partial charge >= 0.3 is 167 Å². The average molecular weight is 1870 g/mol. The predicted octanol–water partition coefficient (Wildman–Crippen LogP) is -6.13. The number of rotatable bonds is 28. The van der Waals surface area contributed by atoms with E-state index in [4.69, 9.17) is 170 Å². The minimum Gasteiger partial charge on any atom is -0.390 e. The van der Waals surface area contributed by atoms with Crippen molar-refractivity contribution in [3.63, 3.8) is 0 Å². The summed E-state index contributed by atoms with van der Waals surface area (Å²) in [6.07, 6.45) is -19.9. The molecule has 7 fully saturated rings. The molecule has 22 N–H and O–H groups in total. The molecule has 638 valence electrons. The molecular formula is C43H88B7FO49P10Se. The summed E-state index contributed by atoms with van der Waals surface area (Å²) in [5, 5.41) is 66.8. The molecule has 0 aromatic carbocycles. The van der Waals surface area contributed by atoms with E-state index in [1.54, 1.807) is 34.6 Å². The third kappa shape index (κ3) is 43.6.